The van der Waals surface area contributed by atoms with Gasteiger partial charge in [0, 0.05) is 6.54 Å². The molecule has 13 heteroatoms. The molecule has 3 rings (SSSR count). The maximum Gasteiger partial charge on any atom is 0.266 e. The zero-order valence-electron chi connectivity index (χ0n) is 12.8. The third-order valence-corrected chi connectivity index (χ3v) is 4.52. The van der Waals surface area contributed by atoms with E-state index < -0.39 is 47.0 Å². The number of nitrogens with one attached hydrogen (secondary N) is 1. The van der Waals surface area contributed by atoms with E-state index in [2.05, 4.69) is 20.3 Å². The van der Waals surface area contributed by atoms with Gasteiger partial charge in [-0.1, -0.05) is 0 Å². The molecule has 0 bridgehead atoms. The van der Waals surface area contributed by atoms with Crippen LogP contribution in [0.2, 0.25) is 0 Å². The highest BCUT2D eigenvalue weighted by molar-refractivity contribution is 7.85. The second-order valence-corrected chi connectivity index (χ2v) is 7.06. The summed E-state index contributed by atoms with van der Waals surface area (Å²) in [6.45, 7) is -0.551. The van der Waals surface area contributed by atoms with Crippen LogP contribution in [-0.2, 0) is 14.9 Å². The molecule has 0 radical (unpaired) electrons. The SMILES string of the molecule is O=S(=O)(O)CCNc1ncnc2c1ncn2C1O[C@H](CO)[C@@H](O)[C@H]1O. The van der Waals surface area contributed by atoms with Gasteiger partial charge < -0.3 is 25.4 Å². The zero-order valence-corrected chi connectivity index (χ0v) is 13.6. The molecule has 1 aliphatic heterocycles. The lowest BCUT2D eigenvalue weighted by Gasteiger charge is -2.16. The number of hydrogen-bond acceptors (Lipinski definition) is 10. The third kappa shape index (κ3) is 3.56. The molecule has 2 aromatic heterocycles. The Bertz CT molecular complexity index is 857. The second kappa shape index (κ2) is 6.78. The second-order valence-electron chi connectivity index (χ2n) is 5.49. The largest absolute Gasteiger partial charge is 0.394 e. The molecule has 0 amide bonds. The van der Waals surface area contributed by atoms with E-state index >= 15 is 0 Å². The van der Waals surface area contributed by atoms with E-state index in [4.69, 9.17) is 14.4 Å². The highest BCUT2D eigenvalue weighted by Gasteiger charge is 2.44. The van der Waals surface area contributed by atoms with Gasteiger partial charge in [-0.25, -0.2) is 15.0 Å². The molecule has 3 heterocycles. The average Bonchev–Trinajstić information content (AvgIpc) is 3.09. The zero-order chi connectivity index (χ0) is 18.2. The van der Waals surface area contributed by atoms with Crippen molar-refractivity contribution in [1.29, 1.82) is 0 Å². The molecule has 1 unspecified atom stereocenters. The molecule has 1 saturated heterocycles. The van der Waals surface area contributed by atoms with Crippen molar-refractivity contribution in [2.24, 2.45) is 0 Å². The summed E-state index contributed by atoms with van der Waals surface area (Å²) < 4.78 is 37.1. The van der Waals surface area contributed by atoms with Crippen LogP contribution in [0, 0.1) is 0 Å². The Labute approximate surface area is 141 Å². The molecule has 2 aromatic rings. The summed E-state index contributed by atoms with van der Waals surface area (Å²) in [4.78, 5) is 12.1. The number of rotatable bonds is 6. The molecule has 1 aliphatic rings. The summed E-state index contributed by atoms with van der Waals surface area (Å²) in [7, 11) is -4.11. The van der Waals surface area contributed by atoms with Crippen LogP contribution in [0.4, 0.5) is 5.82 Å². The normalized spacial score (nSPS) is 27.0. The first-order valence-corrected chi connectivity index (χ1v) is 8.92. The number of aliphatic hydroxyl groups excluding tert-OH is 3. The molecule has 5 N–H and O–H groups in total. The van der Waals surface area contributed by atoms with Gasteiger partial charge in [0.1, 0.15) is 24.6 Å². The van der Waals surface area contributed by atoms with Crippen LogP contribution in [0.15, 0.2) is 12.7 Å². The lowest BCUT2D eigenvalue weighted by molar-refractivity contribution is -0.0511. The Hall–Kier alpha value is -1.90. The van der Waals surface area contributed by atoms with Gasteiger partial charge in [-0.3, -0.25) is 9.12 Å². The van der Waals surface area contributed by atoms with E-state index in [-0.39, 0.29) is 23.5 Å². The summed E-state index contributed by atoms with van der Waals surface area (Å²) in [6.07, 6.45) is -1.96. The van der Waals surface area contributed by atoms with Crippen molar-refractivity contribution >= 4 is 27.1 Å². The lowest BCUT2D eigenvalue weighted by Crippen LogP contribution is -2.33. The number of anilines is 1. The molecule has 138 valence electrons. The molecule has 4 atom stereocenters. The first-order chi connectivity index (χ1) is 11.8. The van der Waals surface area contributed by atoms with Crippen molar-refractivity contribution in [3.63, 3.8) is 0 Å². The molecule has 0 spiro atoms. The van der Waals surface area contributed by atoms with Gasteiger partial charge in [0.05, 0.1) is 18.7 Å². The van der Waals surface area contributed by atoms with Crippen LogP contribution in [0.5, 0.6) is 0 Å². The number of ether oxygens (including phenoxy) is 1. The minimum Gasteiger partial charge on any atom is -0.394 e. The Kier molecular flexibility index (Phi) is 4.86. The van der Waals surface area contributed by atoms with E-state index in [1.54, 1.807) is 0 Å². The number of aliphatic hydroxyl groups is 3. The van der Waals surface area contributed by atoms with E-state index in [1.807, 2.05) is 0 Å². The topological polar surface area (TPSA) is 180 Å². The smallest absolute Gasteiger partial charge is 0.266 e. The van der Waals surface area contributed by atoms with Gasteiger partial charge in [0.2, 0.25) is 0 Å². The fourth-order valence-electron chi connectivity index (χ4n) is 2.58. The van der Waals surface area contributed by atoms with Crippen LogP contribution in [0.1, 0.15) is 6.23 Å². The first kappa shape index (κ1) is 17.9. The quantitative estimate of drug-likeness (QED) is 0.344. The number of imidazole rings is 1. The van der Waals surface area contributed by atoms with E-state index in [1.165, 1.54) is 17.2 Å². The van der Waals surface area contributed by atoms with Crippen LogP contribution in [0.25, 0.3) is 11.2 Å². The number of hydrogen-bond donors (Lipinski definition) is 5. The highest BCUT2D eigenvalue weighted by atomic mass is 32.2. The van der Waals surface area contributed by atoms with Crippen molar-refractivity contribution in [2.75, 3.05) is 24.2 Å². The van der Waals surface area contributed by atoms with Gasteiger partial charge in [0.15, 0.2) is 23.2 Å². The maximum absolute atomic E-state index is 10.8. The van der Waals surface area contributed by atoms with Gasteiger partial charge in [-0.05, 0) is 0 Å². The Morgan fingerprint density at radius 1 is 1.24 bits per heavy atom. The molecular weight excluding hydrogens is 358 g/mol. The number of nitrogens with zero attached hydrogens (tertiary/aromatic N) is 4. The molecule has 25 heavy (non-hydrogen) atoms. The predicted molar refractivity (Wildman–Crippen MR) is 83.2 cm³/mol. The Morgan fingerprint density at radius 2 is 2.00 bits per heavy atom. The Balaban J connectivity index is 1.86. The van der Waals surface area contributed by atoms with Crippen LogP contribution >= 0.6 is 0 Å². The standard InChI is InChI=1S/C12H17N5O7S/c18-3-6-8(19)9(20)12(24-6)17-5-16-7-10(14-4-15-11(7)17)13-1-2-25(21,22)23/h4-6,8-9,12,18-20H,1-3H2,(H,13,14,15)(H,21,22,23)/t6-,8-,9-,12?/m1/s1. The van der Waals surface area contributed by atoms with E-state index in [0.29, 0.717) is 0 Å². The van der Waals surface area contributed by atoms with Gasteiger partial charge >= 0.3 is 0 Å². The van der Waals surface area contributed by atoms with Crippen LogP contribution < -0.4 is 5.32 Å². The highest BCUT2D eigenvalue weighted by Crippen LogP contribution is 2.31. The van der Waals surface area contributed by atoms with Gasteiger partial charge in [-0.2, -0.15) is 8.42 Å². The fraction of sp³-hybridized carbons (Fsp3) is 0.583. The molecule has 0 aromatic carbocycles. The molecule has 12 nitrogen and oxygen atoms in total. The van der Waals surface area contributed by atoms with Crippen molar-refractivity contribution in [1.82, 2.24) is 19.5 Å². The fourth-order valence-corrected chi connectivity index (χ4v) is 2.94. The maximum atomic E-state index is 10.8. The molecule has 0 saturated carbocycles. The number of aromatic nitrogens is 4. The predicted octanol–water partition coefficient (Wildman–Crippen LogP) is -2.26. The lowest BCUT2D eigenvalue weighted by atomic mass is 10.1. The first-order valence-electron chi connectivity index (χ1n) is 7.31. The summed E-state index contributed by atoms with van der Waals surface area (Å²) >= 11 is 0. The summed E-state index contributed by atoms with van der Waals surface area (Å²) in [5.74, 6) is -0.271. The third-order valence-electron chi connectivity index (χ3n) is 3.80. The minimum absolute atomic E-state index is 0.0916. The van der Waals surface area contributed by atoms with Crippen molar-refractivity contribution in [3.05, 3.63) is 12.7 Å². The summed E-state index contributed by atoms with van der Waals surface area (Å²) in [6, 6.07) is 0. The average molecular weight is 375 g/mol. The van der Waals surface area contributed by atoms with Gasteiger partial charge in [-0.15, -0.1) is 0 Å². The monoisotopic (exact) mass is 375 g/mol. The minimum atomic E-state index is -4.11. The summed E-state index contributed by atoms with van der Waals surface area (Å²) in [5, 5.41) is 31.8. The van der Waals surface area contributed by atoms with Crippen LogP contribution in [-0.4, -0.2) is 85.0 Å². The molecule has 0 aliphatic carbocycles. The van der Waals surface area contributed by atoms with Crippen molar-refractivity contribution in [3.8, 4) is 0 Å². The van der Waals surface area contributed by atoms with E-state index in [0.717, 1.165) is 0 Å². The Morgan fingerprint density at radius 3 is 2.64 bits per heavy atom. The van der Waals surface area contributed by atoms with Crippen molar-refractivity contribution in [2.45, 2.75) is 24.5 Å². The number of fused-ring (bicyclic) bond motifs is 1. The summed E-state index contributed by atoms with van der Waals surface area (Å²) in [5.41, 5.74) is 0.565. The van der Waals surface area contributed by atoms with Gasteiger partial charge in [0.25, 0.3) is 10.1 Å². The molecule has 1 fully saturated rings. The van der Waals surface area contributed by atoms with E-state index in [9.17, 15) is 18.6 Å². The van der Waals surface area contributed by atoms with Crippen LogP contribution in [0.3, 0.4) is 0 Å². The van der Waals surface area contributed by atoms with Crippen molar-refractivity contribution < 1.29 is 33.0 Å². The molecular formula is C12H17N5O7S.